The van der Waals surface area contributed by atoms with Gasteiger partial charge in [0.25, 0.3) is 0 Å². The van der Waals surface area contributed by atoms with E-state index in [1.54, 1.807) is 25.1 Å². The number of para-hydroxylation sites is 1. The number of halogens is 1. The van der Waals surface area contributed by atoms with Crippen LogP contribution in [0, 0.1) is 0 Å². The average molecular weight is 240 g/mol. The van der Waals surface area contributed by atoms with Crippen LogP contribution in [0.4, 0.5) is 5.69 Å². The quantitative estimate of drug-likeness (QED) is 0.861. The zero-order valence-corrected chi connectivity index (χ0v) is 9.36. The van der Waals surface area contributed by atoms with E-state index in [0.717, 1.165) is 0 Å². The highest BCUT2D eigenvalue weighted by atomic mass is 35.5. The maximum Gasteiger partial charge on any atom is 0.337 e. The molecule has 4 nitrogen and oxygen atoms in total. The van der Waals surface area contributed by atoms with Crippen LogP contribution < -0.4 is 5.06 Å². The van der Waals surface area contributed by atoms with E-state index < -0.39 is 5.97 Å². The highest BCUT2D eigenvalue weighted by molar-refractivity contribution is 6.33. The molecule has 0 amide bonds. The third-order valence-electron chi connectivity index (χ3n) is 2.35. The maximum atomic E-state index is 10.9. The zero-order valence-electron chi connectivity index (χ0n) is 8.61. The molecule has 1 aliphatic heterocycles. The maximum absolute atomic E-state index is 10.9. The van der Waals surface area contributed by atoms with E-state index in [2.05, 4.69) is 0 Å². The van der Waals surface area contributed by atoms with Gasteiger partial charge in [-0.25, -0.2) is 9.86 Å². The third kappa shape index (κ3) is 1.84. The normalized spacial score (nSPS) is 15.2. The second-order valence-corrected chi connectivity index (χ2v) is 3.83. The number of aliphatic carboxylic acids is 1. The smallest absolute Gasteiger partial charge is 0.337 e. The standard InChI is InChI=1S/C11H10ClNO3/c1-7-8(11(14)15)6-13(16-7)10-5-3-2-4-9(10)12/h2-5H,6H2,1H3,(H,14,15). The molecule has 5 heteroatoms. The van der Waals surface area contributed by atoms with Gasteiger partial charge in [0.15, 0.2) is 0 Å². The van der Waals surface area contributed by atoms with E-state index in [1.807, 2.05) is 6.07 Å². The van der Waals surface area contributed by atoms with E-state index in [-0.39, 0.29) is 12.1 Å². The van der Waals surface area contributed by atoms with Gasteiger partial charge in [0.2, 0.25) is 0 Å². The summed E-state index contributed by atoms with van der Waals surface area (Å²) < 4.78 is 0. The second kappa shape index (κ2) is 4.06. The van der Waals surface area contributed by atoms with Crippen LogP contribution in [0.2, 0.25) is 5.02 Å². The predicted octanol–water partition coefficient (Wildman–Crippen LogP) is 2.45. The molecule has 0 saturated heterocycles. The first kappa shape index (κ1) is 10.8. The topological polar surface area (TPSA) is 49.8 Å². The molecule has 1 aromatic carbocycles. The molecule has 0 aliphatic carbocycles. The molecule has 0 unspecified atom stereocenters. The molecule has 2 rings (SSSR count). The fourth-order valence-corrected chi connectivity index (χ4v) is 1.74. The molecule has 1 aromatic rings. The number of hydrogen-bond acceptors (Lipinski definition) is 3. The van der Waals surface area contributed by atoms with E-state index in [9.17, 15) is 4.79 Å². The lowest BCUT2D eigenvalue weighted by Crippen LogP contribution is -2.20. The van der Waals surface area contributed by atoms with Crippen molar-refractivity contribution in [2.24, 2.45) is 0 Å². The highest BCUT2D eigenvalue weighted by Gasteiger charge is 2.27. The lowest BCUT2D eigenvalue weighted by Gasteiger charge is -2.18. The molecule has 0 spiro atoms. The van der Waals surface area contributed by atoms with Crippen molar-refractivity contribution in [3.05, 3.63) is 40.6 Å². The Morgan fingerprint density at radius 1 is 1.50 bits per heavy atom. The predicted molar refractivity (Wildman–Crippen MR) is 60.2 cm³/mol. The van der Waals surface area contributed by atoms with Gasteiger partial charge in [-0.2, -0.15) is 0 Å². The summed E-state index contributed by atoms with van der Waals surface area (Å²) in [6.07, 6.45) is 0. The van der Waals surface area contributed by atoms with Crippen LogP contribution in [0.1, 0.15) is 6.92 Å². The highest BCUT2D eigenvalue weighted by Crippen LogP contribution is 2.31. The summed E-state index contributed by atoms with van der Waals surface area (Å²) in [6, 6.07) is 7.13. The second-order valence-electron chi connectivity index (χ2n) is 3.42. The summed E-state index contributed by atoms with van der Waals surface area (Å²) >= 11 is 5.99. The van der Waals surface area contributed by atoms with Gasteiger partial charge in [-0.1, -0.05) is 23.7 Å². The molecule has 0 bridgehead atoms. The third-order valence-corrected chi connectivity index (χ3v) is 2.67. The number of nitrogens with zero attached hydrogens (tertiary/aromatic N) is 1. The Bertz CT molecular complexity index is 470. The molecule has 0 saturated carbocycles. The molecule has 0 aromatic heterocycles. The number of carboxylic acids is 1. The van der Waals surface area contributed by atoms with Crippen LogP contribution in [0.5, 0.6) is 0 Å². The van der Waals surface area contributed by atoms with E-state index in [1.165, 1.54) is 5.06 Å². The molecule has 1 aliphatic rings. The number of benzene rings is 1. The lowest BCUT2D eigenvalue weighted by molar-refractivity contribution is -0.132. The summed E-state index contributed by atoms with van der Waals surface area (Å²) in [6.45, 7) is 1.82. The van der Waals surface area contributed by atoms with Gasteiger partial charge in [-0.15, -0.1) is 0 Å². The van der Waals surface area contributed by atoms with Gasteiger partial charge in [0.1, 0.15) is 11.3 Å². The van der Waals surface area contributed by atoms with E-state index >= 15 is 0 Å². The van der Waals surface area contributed by atoms with Gasteiger partial charge in [-0.3, -0.25) is 0 Å². The first-order valence-electron chi connectivity index (χ1n) is 4.72. The lowest BCUT2D eigenvalue weighted by atomic mass is 10.2. The minimum Gasteiger partial charge on any atom is -0.478 e. The molecule has 0 radical (unpaired) electrons. The molecule has 1 N–H and O–H groups in total. The van der Waals surface area contributed by atoms with Gasteiger partial charge >= 0.3 is 5.97 Å². The minimum atomic E-state index is -0.966. The zero-order chi connectivity index (χ0) is 11.7. The fraction of sp³-hybridized carbons (Fsp3) is 0.182. The Labute approximate surface area is 97.6 Å². The van der Waals surface area contributed by atoms with Crippen LogP contribution in [-0.4, -0.2) is 17.6 Å². The van der Waals surface area contributed by atoms with Crippen molar-refractivity contribution in [1.82, 2.24) is 0 Å². The average Bonchev–Trinajstić information content (AvgIpc) is 2.61. The van der Waals surface area contributed by atoms with Crippen molar-refractivity contribution < 1.29 is 14.7 Å². The van der Waals surface area contributed by atoms with Crippen LogP contribution in [0.15, 0.2) is 35.6 Å². The molecular formula is C11H10ClNO3. The Hall–Kier alpha value is -1.68. The molecule has 1 heterocycles. The monoisotopic (exact) mass is 239 g/mol. The number of rotatable bonds is 2. The van der Waals surface area contributed by atoms with E-state index in [4.69, 9.17) is 21.5 Å². The number of carbonyl (C=O) groups is 1. The van der Waals surface area contributed by atoms with Crippen molar-refractivity contribution in [3.8, 4) is 0 Å². The number of hydroxylamine groups is 1. The van der Waals surface area contributed by atoms with Gasteiger partial charge < -0.3 is 9.94 Å². The van der Waals surface area contributed by atoms with Crippen LogP contribution in [0.25, 0.3) is 0 Å². The first-order valence-corrected chi connectivity index (χ1v) is 5.10. The van der Waals surface area contributed by atoms with Crippen molar-refractivity contribution in [3.63, 3.8) is 0 Å². The molecular weight excluding hydrogens is 230 g/mol. The Balaban J connectivity index is 2.24. The summed E-state index contributed by atoms with van der Waals surface area (Å²) in [4.78, 5) is 16.2. The van der Waals surface area contributed by atoms with Gasteiger partial charge in [-0.05, 0) is 19.1 Å². The van der Waals surface area contributed by atoms with Crippen molar-refractivity contribution in [1.29, 1.82) is 0 Å². The molecule has 16 heavy (non-hydrogen) atoms. The number of carboxylic acid groups (broad SMARTS) is 1. The number of hydrogen-bond donors (Lipinski definition) is 1. The molecule has 0 fully saturated rings. The summed E-state index contributed by atoms with van der Waals surface area (Å²) in [5.74, 6) is -0.570. The SMILES string of the molecule is CC1=C(C(=O)O)CN(c2ccccc2Cl)O1. The first-order chi connectivity index (χ1) is 7.59. The van der Waals surface area contributed by atoms with Crippen molar-refractivity contribution in [2.45, 2.75) is 6.92 Å². The summed E-state index contributed by atoms with van der Waals surface area (Å²) in [5, 5.41) is 10.9. The Morgan fingerprint density at radius 3 is 2.75 bits per heavy atom. The van der Waals surface area contributed by atoms with Crippen LogP contribution in [0.3, 0.4) is 0 Å². The Kier molecular flexibility index (Phi) is 2.75. The van der Waals surface area contributed by atoms with Gasteiger partial charge in [0.05, 0.1) is 17.3 Å². The van der Waals surface area contributed by atoms with Crippen LogP contribution in [-0.2, 0) is 9.63 Å². The fourth-order valence-electron chi connectivity index (χ4n) is 1.51. The summed E-state index contributed by atoms with van der Waals surface area (Å²) in [5.41, 5.74) is 0.916. The van der Waals surface area contributed by atoms with Gasteiger partial charge in [0, 0.05) is 0 Å². The Morgan fingerprint density at radius 2 is 2.19 bits per heavy atom. The van der Waals surface area contributed by atoms with E-state index in [0.29, 0.717) is 16.5 Å². The number of allylic oxidation sites excluding steroid dienone is 1. The summed E-state index contributed by atoms with van der Waals surface area (Å²) in [7, 11) is 0. The minimum absolute atomic E-state index is 0.199. The van der Waals surface area contributed by atoms with Crippen molar-refractivity contribution >= 4 is 23.3 Å². The van der Waals surface area contributed by atoms with Crippen molar-refractivity contribution in [2.75, 3.05) is 11.6 Å². The largest absolute Gasteiger partial charge is 0.478 e. The number of anilines is 1. The molecule has 0 atom stereocenters. The molecule has 84 valence electrons. The van der Waals surface area contributed by atoms with Crippen LogP contribution >= 0.6 is 11.6 Å².